The molecule has 0 spiro atoms. The van der Waals surface area contributed by atoms with Crippen molar-refractivity contribution in [3.63, 3.8) is 0 Å². The molecule has 0 aromatic heterocycles. The Morgan fingerprint density at radius 3 is 2.06 bits per heavy atom. The SMILES string of the molecule is c1ccc2c(c1)[C@H]1C[C@H]2[C@@]23O[C@]12[C@H]1CC[C@H]3C1. The summed E-state index contributed by atoms with van der Waals surface area (Å²) < 4.78 is 6.52. The van der Waals surface area contributed by atoms with Crippen molar-refractivity contribution < 1.29 is 4.74 Å². The van der Waals surface area contributed by atoms with Crippen molar-refractivity contribution in [3.8, 4) is 0 Å². The molecule has 5 aliphatic rings. The molecule has 86 valence electrons. The van der Waals surface area contributed by atoms with E-state index in [9.17, 15) is 0 Å². The molecule has 6 atom stereocenters. The van der Waals surface area contributed by atoms with E-state index in [0.717, 1.165) is 23.7 Å². The average molecular weight is 224 g/mol. The van der Waals surface area contributed by atoms with Crippen molar-refractivity contribution in [3.05, 3.63) is 35.4 Å². The Balaban J connectivity index is 1.67. The maximum absolute atomic E-state index is 6.52. The minimum absolute atomic E-state index is 0.328. The van der Waals surface area contributed by atoms with Gasteiger partial charge in [0, 0.05) is 11.8 Å². The maximum atomic E-state index is 6.52. The Kier molecular flexibility index (Phi) is 1.02. The molecule has 1 heterocycles. The molecule has 4 bridgehead atoms. The van der Waals surface area contributed by atoms with Crippen LogP contribution in [0.15, 0.2) is 24.3 Å². The molecule has 0 N–H and O–H groups in total. The molecule has 3 saturated carbocycles. The molecule has 1 aromatic rings. The van der Waals surface area contributed by atoms with E-state index in [4.69, 9.17) is 4.74 Å². The number of fused-ring (bicyclic) bond motifs is 7. The Labute approximate surface area is 101 Å². The largest absolute Gasteiger partial charge is 0.361 e. The quantitative estimate of drug-likeness (QED) is 0.616. The molecule has 1 aromatic carbocycles. The van der Waals surface area contributed by atoms with Crippen LogP contribution < -0.4 is 0 Å². The van der Waals surface area contributed by atoms with E-state index in [1.807, 2.05) is 0 Å². The zero-order valence-electron chi connectivity index (χ0n) is 9.86. The number of ether oxygens (including phenoxy) is 1. The smallest absolute Gasteiger partial charge is 0.109 e. The lowest BCUT2D eigenvalue weighted by Crippen LogP contribution is -2.36. The van der Waals surface area contributed by atoms with Crippen molar-refractivity contribution in [2.24, 2.45) is 11.8 Å². The minimum atomic E-state index is 0.328. The standard InChI is InChI=1S/C16H16O/c1-2-4-12-11(3-1)13-8-14(12)16-10-6-5-9(7-10)15(13,16)17-16/h1-4,9-10,13-14H,5-8H2/t9-,10-,13+,14+,15+,16+/m0/s1. The number of hydrogen-bond donors (Lipinski definition) is 0. The van der Waals surface area contributed by atoms with Gasteiger partial charge < -0.3 is 4.74 Å². The zero-order valence-corrected chi connectivity index (χ0v) is 9.86. The molecular weight excluding hydrogens is 208 g/mol. The fourth-order valence-corrected chi connectivity index (χ4v) is 6.52. The van der Waals surface area contributed by atoms with Crippen molar-refractivity contribution in [2.45, 2.75) is 48.7 Å². The van der Waals surface area contributed by atoms with Crippen LogP contribution in [-0.2, 0) is 4.74 Å². The Morgan fingerprint density at radius 1 is 0.882 bits per heavy atom. The highest BCUT2D eigenvalue weighted by Crippen LogP contribution is 2.86. The summed E-state index contributed by atoms with van der Waals surface area (Å²) in [5.41, 5.74) is 3.93. The van der Waals surface area contributed by atoms with E-state index < -0.39 is 0 Å². The number of rotatable bonds is 0. The third-order valence-electron chi connectivity index (χ3n) is 6.81. The fourth-order valence-electron chi connectivity index (χ4n) is 6.52. The highest BCUT2D eigenvalue weighted by molar-refractivity contribution is 5.57. The third-order valence-corrected chi connectivity index (χ3v) is 6.81. The summed E-state index contributed by atoms with van der Waals surface area (Å²) in [4.78, 5) is 0. The van der Waals surface area contributed by atoms with Gasteiger partial charge in [-0.25, -0.2) is 0 Å². The van der Waals surface area contributed by atoms with Crippen LogP contribution in [0.4, 0.5) is 0 Å². The summed E-state index contributed by atoms with van der Waals surface area (Å²) in [6.45, 7) is 0. The van der Waals surface area contributed by atoms with E-state index in [0.29, 0.717) is 11.2 Å². The van der Waals surface area contributed by atoms with Gasteiger partial charge in [-0.1, -0.05) is 24.3 Å². The topological polar surface area (TPSA) is 12.5 Å². The van der Waals surface area contributed by atoms with Crippen LogP contribution in [0.3, 0.4) is 0 Å². The lowest BCUT2D eigenvalue weighted by Gasteiger charge is -2.29. The Morgan fingerprint density at radius 2 is 1.47 bits per heavy atom. The average Bonchev–Trinajstić information content (AvgIpc) is 2.80. The molecule has 0 amide bonds. The van der Waals surface area contributed by atoms with Gasteiger partial charge in [0.05, 0.1) is 0 Å². The van der Waals surface area contributed by atoms with Gasteiger partial charge in [-0.15, -0.1) is 0 Å². The molecule has 0 unspecified atom stereocenters. The van der Waals surface area contributed by atoms with E-state index >= 15 is 0 Å². The molecule has 1 heteroatoms. The maximum Gasteiger partial charge on any atom is 0.109 e. The second kappa shape index (κ2) is 2.09. The first-order valence-electron chi connectivity index (χ1n) is 7.17. The van der Waals surface area contributed by atoms with Crippen LogP contribution in [0.2, 0.25) is 0 Å². The van der Waals surface area contributed by atoms with Crippen molar-refractivity contribution >= 4 is 0 Å². The molecule has 0 radical (unpaired) electrons. The summed E-state index contributed by atoms with van der Waals surface area (Å²) >= 11 is 0. The number of epoxide rings is 1. The van der Waals surface area contributed by atoms with Crippen LogP contribution in [-0.4, -0.2) is 11.2 Å². The monoisotopic (exact) mass is 224 g/mol. The molecule has 4 fully saturated rings. The van der Waals surface area contributed by atoms with Gasteiger partial charge in [-0.05, 0) is 48.6 Å². The Hall–Kier alpha value is -0.820. The van der Waals surface area contributed by atoms with Crippen LogP contribution in [0.5, 0.6) is 0 Å². The highest BCUT2D eigenvalue weighted by Gasteiger charge is 2.91. The first-order valence-corrected chi connectivity index (χ1v) is 7.17. The summed E-state index contributed by atoms with van der Waals surface area (Å²) in [6.07, 6.45) is 5.75. The van der Waals surface area contributed by atoms with Gasteiger partial charge in [0.1, 0.15) is 11.2 Å². The van der Waals surface area contributed by atoms with E-state index in [2.05, 4.69) is 24.3 Å². The molecule has 1 saturated heterocycles. The van der Waals surface area contributed by atoms with Crippen LogP contribution in [0.25, 0.3) is 0 Å². The summed E-state index contributed by atoms with van der Waals surface area (Å²) in [5.74, 6) is 3.30. The first-order chi connectivity index (χ1) is 8.38. The van der Waals surface area contributed by atoms with Crippen molar-refractivity contribution in [2.75, 3.05) is 0 Å². The summed E-state index contributed by atoms with van der Waals surface area (Å²) in [6, 6.07) is 9.17. The zero-order chi connectivity index (χ0) is 10.8. The Bertz CT molecular complexity index is 517. The summed E-state index contributed by atoms with van der Waals surface area (Å²) in [5, 5.41) is 0. The van der Waals surface area contributed by atoms with E-state index in [1.54, 1.807) is 11.1 Å². The third kappa shape index (κ3) is 0.567. The fraction of sp³-hybridized carbons (Fsp3) is 0.625. The minimum Gasteiger partial charge on any atom is -0.361 e. The van der Waals surface area contributed by atoms with E-state index in [1.165, 1.54) is 25.7 Å². The molecule has 1 aliphatic heterocycles. The van der Waals surface area contributed by atoms with Gasteiger partial charge in [0.25, 0.3) is 0 Å². The van der Waals surface area contributed by atoms with Crippen LogP contribution >= 0.6 is 0 Å². The van der Waals surface area contributed by atoms with Gasteiger partial charge >= 0.3 is 0 Å². The second-order valence-electron chi connectivity index (χ2n) is 6.86. The number of hydrogen-bond acceptors (Lipinski definition) is 1. The van der Waals surface area contributed by atoms with Crippen molar-refractivity contribution in [1.82, 2.24) is 0 Å². The highest BCUT2D eigenvalue weighted by atomic mass is 16.6. The van der Waals surface area contributed by atoms with Gasteiger partial charge in [0.2, 0.25) is 0 Å². The summed E-state index contributed by atoms with van der Waals surface area (Å²) in [7, 11) is 0. The van der Waals surface area contributed by atoms with E-state index in [-0.39, 0.29) is 0 Å². The lowest BCUT2D eigenvalue weighted by atomic mass is 9.69. The second-order valence-corrected chi connectivity index (χ2v) is 6.86. The molecule has 6 rings (SSSR count). The first kappa shape index (κ1) is 8.31. The van der Waals surface area contributed by atoms with Crippen LogP contribution in [0.1, 0.15) is 48.6 Å². The normalized spacial score (nSPS) is 59.1. The predicted molar refractivity (Wildman–Crippen MR) is 63.9 cm³/mol. The molecule has 1 nitrogen and oxygen atoms in total. The predicted octanol–water partition coefficient (Wildman–Crippen LogP) is 3.21. The number of benzene rings is 1. The van der Waals surface area contributed by atoms with Gasteiger partial charge in [-0.2, -0.15) is 0 Å². The molecular formula is C16H16O. The molecule has 4 aliphatic carbocycles. The van der Waals surface area contributed by atoms with Crippen molar-refractivity contribution in [1.29, 1.82) is 0 Å². The molecule has 17 heavy (non-hydrogen) atoms. The van der Waals surface area contributed by atoms with Gasteiger partial charge in [-0.3, -0.25) is 0 Å². The van der Waals surface area contributed by atoms with Gasteiger partial charge in [0.15, 0.2) is 0 Å². The van der Waals surface area contributed by atoms with Crippen LogP contribution in [0, 0.1) is 11.8 Å². The lowest BCUT2D eigenvalue weighted by molar-refractivity contribution is 0.113.